The average molecular weight is 279 g/mol. The lowest BCUT2D eigenvalue weighted by Crippen LogP contribution is -2.25. The van der Waals surface area contributed by atoms with Gasteiger partial charge >= 0.3 is 0 Å². The first-order valence-electron chi connectivity index (χ1n) is 6.37. The number of carbonyl (C=O) groups is 1. The molecule has 0 spiro atoms. The Morgan fingerprint density at radius 1 is 1.37 bits per heavy atom. The third kappa shape index (κ3) is 2.92. The molecule has 1 unspecified atom stereocenters. The SMILES string of the molecule is CCCCS(=O)(=O)C1C=CC2=NC(=O)C=C(C)C2=C1. The van der Waals surface area contributed by atoms with E-state index in [0.29, 0.717) is 12.1 Å². The highest BCUT2D eigenvalue weighted by Crippen LogP contribution is 2.24. The number of hydrogen-bond acceptors (Lipinski definition) is 3. The molecule has 0 N–H and O–H groups in total. The molecule has 1 aliphatic heterocycles. The number of rotatable bonds is 4. The Kier molecular flexibility index (Phi) is 3.85. The summed E-state index contributed by atoms with van der Waals surface area (Å²) >= 11 is 0. The van der Waals surface area contributed by atoms with Crippen molar-refractivity contribution in [3.63, 3.8) is 0 Å². The van der Waals surface area contributed by atoms with E-state index in [-0.39, 0.29) is 11.7 Å². The second-order valence-electron chi connectivity index (χ2n) is 4.79. The van der Waals surface area contributed by atoms with Gasteiger partial charge < -0.3 is 0 Å². The summed E-state index contributed by atoms with van der Waals surface area (Å²) < 4.78 is 24.3. The number of carbonyl (C=O) groups excluding carboxylic acids is 1. The summed E-state index contributed by atoms with van der Waals surface area (Å²) in [5.41, 5.74) is 2.09. The van der Waals surface area contributed by atoms with E-state index >= 15 is 0 Å². The monoisotopic (exact) mass is 279 g/mol. The minimum absolute atomic E-state index is 0.191. The van der Waals surface area contributed by atoms with Crippen LogP contribution in [0.25, 0.3) is 0 Å². The van der Waals surface area contributed by atoms with Crippen LogP contribution < -0.4 is 0 Å². The summed E-state index contributed by atoms with van der Waals surface area (Å²) in [6.45, 7) is 3.77. The summed E-state index contributed by atoms with van der Waals surface area (Å²) in [6, 6.07) is 0. The zero-order valence-electron chi connectivity index (χ0n) is 11.1. The molecule has 0 fully saturated rings. The Bertz CT molecular complexity index is 621. The Morgan fingerprint density at radius 3 is 2.79 bits per heavy atom. The van der Waals surface area contributed by atoms with Crippen LogP contribution in [-0.2, 0) is 14.6 Å². The Hall–Kier alpha value is -1.49. The van der Waals surface area contributed by atoms with Gasteiger partial charge in [-0.25, -0.2) is 13.4 Å². The van der Waals surface area contributed by atoms with Crippen molar-refractivity contribution in [2.24, 2.45) is 4.99 Å². The highest BCUT2D eigenvalue weighted by atomic mass is 32.2. The molecule has 0 radical (unpaired) electrons. The molecule has 0 aromatic rings. The van der Waals surface area contributed by atoms with Crippen molar-refractivity contribution in [2.45, 2.75) is 31.9 Å². The number of nitrogens with zero attached hydrogens (tertiary/aromatic N) is 1. The van der Waals surface area contributed by atoms with Gasteiger partial charge in [-0.1, -0.05) is 25.5 Å². The number of allylic oxidation sites excluding steroid dienone is 3. The van der Waals surface area contributed by atoms with E-state index in [1.165, 1.54) is 6.08 Å². The summed E-state index contributed by atoms with van der Waals surface area (Å²) in [7, 11) is -3.16. The third-order valence-electron chi connectivity index (χ3n) is 3.24. The van der Waals surface area contributed by atoms with Gasteiger partial charge in [0, 0.05) is 11.6 Å². The van der Waals surface area contributed by atoms with Crippen molar-refractivity contribution in [1.82, 2.24) is 0 Å². The van der Waals surface area contributed by atoms with Crippen LogP contribution >= 0.6 is 0 Å². The van der Waals surface area contributed by atoms with Crippen LogP contribution in [0.2, 0.25) is 0 Å². The lowest BCUT2D eigenvalue weighted by Gasteiger charge is -2.20. The van der Waals surface area contributed by atoms with Crippen LogP contribution in [0, 0.1) is 0 Å². The minimum atomic E-state index is -3.16. The fourth-order valence-electron chi connectivity index (χ4n) is 2.13. The number of aliphatic imine (C=N–C) groups is 1. The largest absolute Gasteiger partial charge is 0.270 e. The fourth-order valence-corrected chi connectivity index (χ4v) is 3.76. The smallest absolute Gasteiger partial charge is 0.267 e. The predicted octanol–water partition coefficient (Wildman–Crippen LogP) is 1.99. The van der Waals surface area contributed by atoms with Gasteiger partial charge in [0.2, 0.25) is 0 Å². The lowest BCUT2D eigenvalue weighted by molar-refractivity contribution is -0.113. The Labute approximate surface area is 113 Å². The summed E-state index contributed by atoms with van der Waals surface area (Å²) in [6.07, 6.45) is 7.90. The normalized spacial score (nSPS) is 22.5. The van der Waals surface area contributed by atoms with Crippen LogP contribution in [-0.4, -0.2) is 31.0 Å². The van der Waals surface area contributed by atoms with Crippen molar-refractivity contribution in [1.29, 1.82) is 0 Å². The molecule has 5 heteroatoms. The standard InChI is InChI=1S/C14H17NO3S/c1-3-4-7-19(17,18)11-5-6-13-12(9-11)10(2)8-14(16)15-13/h5-6,8-9,11H,3-4,7H2,1-2H3. The maximum atomic E-state index is 12.2. The molecule has 19 heavy (non-hydrogen) atoms. The molecule has 4 nitrogen and oxygen atoms in total. The zero-order valence-corrected chi connectivity index (χ0v) is 11.9. The molecule has 0 aromatic carbocycles. The van der Waals surface area contributed by atoms with E-state index in [0.717, 1.165) is 17.6 Å². The van der Waals surface area contributed by atoms with Crippen LogP contribution in [0.15, 0.2) is 40.4 Å². The molecule has 0 aromatic heterocycles. The lowest BCUT2D eigenvalue weighted by atomic mass is 9.94. The molecule has 2 rings (SSSR count). The van der Waals surface area contributed by atoms with Crippen molar-refractivity contribution in [3.8, 4) is 0 Å². The molecule has 1 aliphatic carbocycles. The molecule has 102 valence electrons. The van der Waals surface area contributed by atoms with Gasteiger partial charge in [-0.2, -0.15) is 0 Å². The van der Waals surface area contributed by atoms with Gasteiger partial charge in [-0.15, -0.1) is 0 Å². The van der Waals surface area contributed by atoms with Gasteiger partial charge in [0.25, 0.3) is 5.91 Å². The molecule has 0 saturated heterocycles. The van der Waals surface area contributed by atoms with E-state index in [1.54, 1.807) is 25.2 Å². The molecule has 0 bridgehead atoms. The van der Waals surface area contributed by atoms with Crippen LogP contribution in [0.3, 0.4) is 0 Å². The first-order chi connectivity index (χ1) is 8.94. The quantitative estimate of drug-likeness (QED) is 0.790. The van der Waals surface area contributed by atoms with E-state index in [9.17, 15) is 13.2 Å². The zero-order chi connectivity index (χ0) is 14.0. The van der Waals surface area contributed by atoms with E-state index < -0.39 is 15.1 Å². The summed E-state index contributed by atoms with van der Waals surface area (Å²) in [5, 5.41) is -0.607. The maximum Gasteiger partial charge on any atom is 0.270 e. The number of hydrogen-bond donors (Lipinski definition) is 0. The van der Waals surface area contributed by atoms with Gasteiger partial charge in [0.1, 0.15) is 0 Å². The highest BCUT2D eigenvalue weighted by molar-refractivity contribution is 7.92. The van der Waals surface area contributed by atoms with Crippen LogP contribution in [0.5, 0.6) is 0 Å². The van der Waals surface area contributed by atoms with E-state index in [1.807, 2.05) is 6.92 Å². The van der Waals surface area contributed by atoms with Crippen molar-refractivity contribution >= 4 is 21.5 Å². The fraction of sp³-hybridized carbons (Fsp3) is 0.429. The molecule has 2 aliphatic rings. The number of unbranched alkanes of at least 4 members (excludes halogenated alkanes) is 1. The summed E-state index contributed by atoms with van der Waals surface area (Å²) in [5.74, 6) is -0.0993. The van der Waals surface area contributed by atoms with Crippen molar-refractivity contribution < 1.29 is 13.2 Å². The van der Waals surface area contributed by atoms with Crippen LogP contribution in [0.1, 0.15) is 26.7 Å². The van der Waals surface area contributed by atoms with Crippen molar-refractivity contribution in [2.75, 3.05) is 5.75 Å². The van der Waals surface area contributed by atoms with E-state index in [4.69, 9.17) is 0 Å². The van der Waals surface area contributed by atoms with E-state index in [2.05, 4.69) is 4.99 Å². The first-order valence-corrected chi connectivity index (χ1v) is 8.09. The summed E-state index contributed by atoms with van der Waals surface area (Å²) in [4.78, 5) is 15.2. The number of fused-ring (bicyclic) bond motifs is 1. The second-order valence-corrected chi connectivity index (χ2v) is 7.07. The molecule has 0 saturated carbocycles. The first kappa shape index (κ1) is 13.9. The molecular weight excluding hydrogens is 262 g/mol. The topological polar surface area (TPSA) is 63.6 Å². The molecular formula is C14H17NO3S. The van der Waals surface area contributed by atoms with Gasteiger partial charge in [0.05, 0.1) is 16.7 Å². The van der Waals surface area contributed by atoms with Crippen LogP contribution in [0.4, 0.5) is 0 Å². The second kappa shape index (κ2) is 5.25. The number of dihydropyridines is 1. The molecule has 1 amide bonds. The Morgan fingerprint density at radius 2 is 2.11 bits per heavy atom. The Balaban J connectivity index is 2.30. The van der Waals surface area contributed by atoms with Gasteiger partial charge in [-0.05, 0) is 25.0 Å². The number of sulfone groups is 1. The highest BCUT2D eigenvalue weighted by Gasteiger charge is 2.27. The van der Waals surface area contributed by atoms with Crippen molar-refractivity contribution in [3.05, 3.63) is 35.5 Å². The number of amides is 1. The average Bonchev–Trinajstić information content (AvgIpc) is 2.35. The predicted molar refractivity (Wildman–Crippen MR) is 75.9 cm³/mol. The van der Waals surface area contributed by atoms with Gasteiger partial charge in [0.15, 0.2) is 9.84 Å². The minimum Gasteiger partial charge on any atom is -0.267 e. The molecule has 1 atom stereocenters. The molecule has 1 heterocycles. The maximum absolute atomic E-state index is 12.2. The third-order valence-corrected chi connectivity index (χ3v) is 5.22. The van der Waals surface area contributed by atoms with Gasteiger partial charge in [-0.3, -0.25) is 4.79 Å².